The van der Waals surface area contributed by atoms with Gasteiger partial charge in [0.1, 0.15) is 10.6 Å². The summed E-state index contributed by atoms with van der Waals surface area (Å²) in [5.74, 6) is -0.968. The molecule has 0 saturated carbocycles. The summed E-state index contributed by atoms with van der Waals surface area (Å²) in [5.41, 5.74) is 0.701. The fourth-order valence-electron chi connectivity index (χ4n) is 0.927. The van der Waals surface area contributed by atoms with E-state index < -0.39 is 5.97 Å². The number of phenolic OH excluding ortho intramolecular Hbond substituents is 1. The van der Waals surface area contributed by atoms with Crippen molar-refractivity contribution in [1.82, 2.24) is 0 Å². The van der Waals surface area contributed by atoms with E-state index in [1.165, 1.54) is 12.1 Å². The molecule has 0 bridgehead atoms. The topological polar surface area (TPSA) is 57.5 Å². The first-order valence-corrected chi connectivity index (χ1v) is 4.04. The summed E-state index contributed by atoms with van der Waals surface area (Å²) in [5, 5.41) is 17.6. The number of phenols is 1. The highest BCUT2D eigenvalue weighted by molar-refractivity contribution is 7.82. The zero-order valence-electron chi connectivity index (χ0n) is 6.73. The Hall–Kier alpha value is -1.42. The number of aromatic hydroxyl groups is 1. The van der Waals surface area contributed by atoms with Gasteiger partial charge in [-0.3, -0.25) is 0 Å². The molecule has 13 heavy (non-hydrogen) atoms. The maximum Gasteiger partial charge on any atom is 0.342 e. The third kappa shape index (κ3) is 2.83. The first-order chi connectivity index (χ1) is 6.09. The zero-order chi connectivity index (χ0) is 9.84. The molecule has 0 heterocycles. The van der Waals surface area contributed by atoms with Crippen LogP contribution in [0.3, 0.4) is 0 Å². The van der Waals surface area contributed by atoms with E-state index in [0.717, 1.165) is 0 Å². The fourth-order valence-corrected chi connectivity index (χ4v) is 1.09. The number of carbonyl (C=O) groups is 1. The van der Waals surface area contributed by atoms with Crippen molar-refractivity contribution in [2.75, 3.05) is 0 Å². The minimum Gasteiger partial charge on any atom is -0.508 e. The second kappa shape index (κ2) is 4.00. The van der Waals surface area contributed by atoms with Crippen LogP contribution < -0.4 is 0 Å². The van der Waals surface area contributed by atoms with Crippen molar-refractivity contribution in [3.63, 3.8) is 0 Å². The highest BCUT2D eigenvalue weighted by Gasteiger charge is 2.07. The van der Waals surface area contributed by atoms with Crippen molar-refractivity contribution in [3.05, 3.63) is 29.8 Å². The summed E-state index contributed by atoms with van der Waals surface area (Å²) < 4.78 is 0. The van der Waals surface area contributed by atoms with E-state index in [1.54, 1.807) is 12.1 Å². The molecule has 4 heteroatoms. The van der Waals surface area contributed by atoms with Crippen molar-refractivity contribution >= 4 is 23.1 Å². The largest absolute Gasteiger partial charge is 0.508 e. The van der Waals surface area contributed by atoms with E-state index >= 15 is 0 Å². The Labute approximate surface area is 80.6 Å². The Bertz CT molecular complexity index is 346. The number of rotatable bonds is 3. The van der Waals surface area contributed by atoms with Crippen LogP contribution in [0.15, 0.2) is 24.3 Å². The minimum atomic E-state index is -1.08. The van der Waals surface area contributed by atoms with Gasteiger partial charge in [-0.05, 0) is 17.7 Å². The number of hydrogen-bond acceptors (Lipinski definition) is 3. The van der Waals surface area contributed by atoms with Gasteiger partial charge in [-0.1, -0.05) is 24.4 Å². The summed E-state index contributed by atoms with van der Waals surface area (Å²) in [4.78, 5) is 10.3. The Morgan fingerprint density at radius 1 is 1.46 bits per heavy atom. The first-order valence-electron chi connectivity index (χ1n) is 3.63. The molecule has 0 unspecified atom stereocenters. The Balaban J connectivity index is 2.75. The van der Waals surface area contributed by atoms with Crippen LogP contribution in [0, 0.1) is 0 Å². The minimum absolute atomic E-state index is 0.0504. The van der Waals surface area contributed by atoms with Crippen molar-refractivity contribution in [2.45, 2.75) is 6.42 Å². The predicted octanol–water partition coefficient (Wildman–Crippen LogP) is 1.39. The fraction of sp³-hybridized carbons (Fsp3) is 0.111. The second-order valence-corrected chi connectivity index (χ2v) is 3.07. The molecular weight excluding hydrogens is 188 g/mol. The average molecular weight is 196 g/mol. The molecule has 0 aliphatic heterocycles. The number of benzene rings is 1. The highest BCUT2D eigenvalue weighted by Crippen LogP contribution is 2.11. The van der Waals surface area contributed by atoms with Crippen LogP contribution in [0.25, 0.3) is 0 Å². The second-order valence-electron chi connectivity index (χ2n) is 2.58. The van der Waals surface area contributed by atoms with Gasteiger partial charge in [-0.15, -0.1) is 0 Å². The summed E-state index contributed by atoms with van der Waals surface area (Å²) >= 11 is 4.62. The molecule has 1 aromatic carbocycles. The Morgan fingerprint density at radius 3 is 2.69 bits per heavy atom. The smallest absolute Gasteiger partial charge is 0.342 e. The molecule has 0 saturated heterocycles. The Kier molecular flexibility index (Phi) is 2.97. The molecule has 0 aliphatic carbocycles. The molecule has 68 valence electrons. The van der Waals surface area contributed by atoms with E-state index in [2.05, 4.69) is 12.2 Å². The van der Waals surface area contributed by atoms with Crippen molar-refractivity contribution in [2.24, 2.45) is 0 Å². The lowest BCUT2D eigenvalue weighted by Gasteiger charge is -1.99. The lowest BCUT2D eigenvalue weighted by Crippen LogP contribution is -2.12. The van der Waals surface area contributed by atoms with Crippen molar-refractivity contribution in [3.8, 4) is 5.75 Å². The average Bonchev–Trinajstić information content (AvgIpc) is 2.04. The number of carboxylic acids is 1. The van der Waals surface area contributed by atoms with Gasteiger partial charge < -0.3 is 10.2 Å². The van der Waals surface area contributed by atoms with Gasteiger partial charge in [-0.2, -0.15) is 0 Å². The first kappa shape index (κ1) is 9.67. The van der Waals surface area contributed by atoms with Crippen LogP contribution in [-0.2, 0) is 11.2 Å². The monoisotopic (exact) mass is 196 g/mol. The molecule has 0 amide bonds. The van der Waals surface area contributed by atoms with Gasteiger partial charge in [0.15, 0.2) is 0 Å². The summed E-state index contributed by atoms with van der Waals surface area (Å²) in [7, 11) is 0. The van der Waals surface area contributed by atoms with E-state index in [-0.39, 0.29) is 17.0 Å². The molecule has 1 aromatic rings. The van der Waals surface area contributed by atoms with Gasteiger partial charge in [0, 0.05) is 6.42 Å². The van der Waals surface area contributed by atoms with Crippen LogP contribution in [0.2, 0.25) is 0 Å². The molecular formula is C9H8O3S. The Morgan fingerprint density at radius 2 is 2.15 bits per heavy atom. The maximum absolute atomic E-state index is 10.4. The van der Waals surface area contributed by atoms with Crippen molar-refractivity contribution in [1.29, 1.82) is 0 Å². The van der Waals surface area contributed by atoms with E-state index in [9.17, 15) is 4.79 Å². The van der Waals surface area contributed by atoms with Gasteiger partial charge in [0.2, 0.25) is 0 Å². The van der Waals surface area contributed by atoms with Crippen molar-refractivity contribution < 1.29 is 15.0 Å². The van der Waals surface area contributed by atoms with E-state index in [1.807, 2.05) is 0 Å². The molecule has 0 atom stereocenters. The molecule has 0 radical (unpaired) electrons. The van der Waals surface area contributed by atoms with Crippen LogP contribution in [0.5, 0.6) is 5.75 Å². The predicted molar refractivity (Wildman–Crippen MR) is 52.0 cm³/mol. The number of thiocarbonyl (C=S) groups is 1. The molecule has 0 aromatic heterocycles. The third-order valence-electron chi connectivity index (χ3n) is 1.51. The quantitative estimate of drug-likeness (QED) is 0.717. The zero-order valence-corrected chi connectivity index (χ0v) is 7.54. The molecule has 3 nitrogen and oxygen atoms in total. The lowest BCUT2D eigenvalue weighted by atomic mass is 10.1. The highest BCUT2D eigenvalue weighted by atomic mass is 32.1. The lowest BCUT2D eigenvalue weighted by molar-refractivity contribution is -0.129. The number of hydrogen-bond donors (Lipinski definition) is 2. The normalized spacial score (nSPS) is 9.54. The van der Waals surface area contributed by atoms with Gasteiger partial charge in [0.05, 0.1) is 0 Å². The van der Waals surface area contributed by atoms with E-state index in [0.29, 0.717) is 5.56 Å². The van der Waals surface area contributed by atoms with Gasteiger partial charge >= 0.3 is 5.97 Å². The molecule has 0 aliphatic rings. The summed E-state index contributed by atoms with van der Waals surface area (Å²) in [6.07, 6.45) is 0.180. The molecule has 2 N–H and O–H groups in total. The standard InChI is InChI=1S/C9H8O3S/c10-7-3-1-2-6(4-7)5-8(13)9(11)12/h1-4,10H,5H2,(H,11,12). The van der Waals surface area contributed by atoms with Crippen LogP contribution in [0.1, 0.15) is 5.56 Å². The number of carboxylic acid groups (broad SMARTS) is 1. The van der Waals surface area contributed by atoms with Crippen LogP contribution >= 0.6 is 12.2 Å². The SMILES string of the molecule is O=C(O)C(=S)Cc1cccc(O)c1. The van der Waals surface area contributed by atoms with Gasteiger partial charge in [0.25, 0.3) is 0 Å². The molecule has 1 rings (SSSR count). The maximum atomic E-state index is 10.4. The van der Waals surface area contributed by atoms with Crippen LogP contribution in [0.4, 0.5) is 0 Å². The summed E-state index contributed by atoms with van der Waals surface area (Å²) in [6, 6.07) is 6.38. The third-order valence-corrected chi connectivity index (χ3v) is 1.83. The van der Waals surface area contributed by atoms with Gasteiger partial charge in [-0.25, -0.2) is 4.79 Å². The molecule has 0 spiro atoms. The number of aliphatic carboxylic acids is 1. The van der Waals surface area contributed by atoms with E-state index in [4.69, 9.17) is 10.2 Å². The van der Waals surface area contributed by atoms with Crippen LogP contribution in [-0.4, -0.2) is 21.0 Å². The molecule has 0 fully saturated rings. The summed E-state index contributed by atoms with van der Waals surface area (Å²) in [6.45, 7) is 0.